The van der Waals surface area contributed by atoms with Gasteiger partial charge in [0.25, 0.3) is 5.56 Å². The predicted molar refractivity (Wildman–Crippen MR) is 175 cm³/mol. The number of fused-ring (bicyclic) bond motifs is 1. The highest BCUT2D eigenvalue weighted by Crippen LogP contribution is 2.36. The zero-order valence-electron chi connectivity index (χ0n) is 24.5. The van der Waals surface area contributed by atoms with Crippen molar-refractivity contribution in [2.24, 2.45) is 4.99 Å². The summed E-state index contributed by atoms with van der Waals surface area (Å²) in [6.45, 7) is 4.80. The Balaban J connectivity index is 1.61. The predicted octanol–water partition coefficient (Wildman–Crippen LogP) is 5.68. The normalized spacial score (nSPS) is 14.1. The van der Waals surface area contributed by atoms with Crippen LogP contribution in [0.4, 0.5) is 0 Å². The molecule has 0 bridgehead atoms. The Hall–Kier alpha value is -4.37. The molecule has 12 heteroatoms. The Labute approximate surface area is 276 Å². The number of benzene rings is 3. The monoisotopic (exact) mass is 707 g/mol. The number of esters is 1. The number of hydrogen-bond acceptors (Lipinski definition) is 9. The number of thiazole rings is 1. The van der Waals surface area contributed by atoms with Crippen LogP contribution >= 0.6 is 38.9 Å². The van der Waals surface area contributed by atoms with Crippen molar-refractivity contribution in [1.29, 1.82) is 5.26 Å². The largest absolute Gasteiger partial charge is 0.490 e. The van der Waals surface area contributed by atoms with Crippen molar-refractivity contribution in [2.45, 2.75) is 26.5 Å². The van der Waals surface area contributed by atoms with Gasteiger partial charge >= 0.3 is 5.97 Å². The van der Waals surface area contributed by atoms with Crippen molar-refractivity contribution in [1.82, 2.24) is 4.57 Å². The summed E-state index contributed by atoms with van der Waals surface area (Å²) in [7, 11) is 1.28. The third kappa shape index (κ3) is 6.83. The topological polar surface area (TPSA) is 112 Å². The first-order valence-corrected chi connectivity index (χ1v) is 15.9. The zero-order chi connectivity index (χ0) is 32.1. The number of carbonyl (C=O) groups excluding carboxylic acids is 1. The van der Waals surface area contributed by atoms with E-state index in [-0.39, 0.29) is 17.7 Å². The second kappa shape index (κ2) is 14.2. The van der Waals surface area contributed by atoms with Crippen LogP contribution in [0.5, 0.6) is 17.2 Å². The first kappa shape index (κ1) is 32.0. The molecule has 0 saturated carbocycles. The molecule has 45 heavy (non-hydrogen) atoms. The Morgan fingerprint density at radius 3 is 2.51 bits per heavy atom. The van der Waals surface area contributed by atoms with Crippen molar-refractivity contribution >= 4 is 50.9 Å². The van der Waals surface area contributed by atoms with Crippen LogP contribution in [-0.4, -0.2) is 30.9 Å². The number of ether oxygens (including phenoxy) is 4. The van der Waals surface area contributed by atoms with Crippen molar-refractivity contribution in [2.75, 3.05) is 20.3 Å². The minimum absolute atomic E-state index is 0.194. The molecular formula is C33H27BrClN3O6S. The van der Waals surface area contributed by atoms with E-state index in [1.807, 2.05) is 26.0 Å². The minimum Gasteiger partial charge on any atom is -0.490 e. The second-order valence-electron chi connectivity index (χ2n) is 9.65. The molecule has 1 aliphatic heterocycles. The lowest BCUT2D eigenvalue weighted by Gasteiger charge is -2.23. The Kier molecular flexibility index (Phi) is 10.1. The number of carbonyl (C=O) groups is 1. The molecule has 1 aliphatic rings. The highest BCUT2D eigenvalue weighted by molar-refractivity contribution is 9.10. The van der Waals surface area contributed by atoms with Gasteiger partial charge in [0.15, 0.2) is 16.3 Å². The molecule has 5 rings (SSSR count). The van der Waals surface area contributed by atoms with E-state index in [9.17, 15) is 9.59 Å². The van der Waals surface area contributed by atoms with Crippen molar-refractivity contribution in [3.63, 3.8) is 0 Å². The first-order chi connectivity index (χ1) is 21.8. The summed E-state index contributed by atoms with van der Waals surface area (Å²) in [5, 5.41) is 9.52. The zero-order valence-corrected chi connectivity index (χ0v) is 27.7. The maximum atomic E-state index is 14.1. The van der Waals surface area contributed by atoms with E-state index >= 15 is 0 Å². The molecule has 0 aliphatic carbocycles. The standard InChI is InChI=1S/C33H27BrClN3O6S/c1-4-42-26-11-10-21(13-27(26)43-5-2)29-24(32(40)41-3)17-37-33-38(29)31(39)28(45-33)14-22-12-23(35)15-25(34)30(22)44-18-20-8-6-19(16-36)7-9-20/h6-15,17,29H,4-5,18H2,1-3H3/b28-14+/t29-/m1/s1. The fraction of sp³-hybridized carbons (Fsp3) is 0.212. The van der Waals surface area contributed by atoms with Crippen LogP contribution < -0.4 is 29.1 Å². The smallest absolute Gasteiger partial charge is 0.337 e. The highest BCUT2D eigenvalue weighted by Gasteiger charge is 2.31. The van der Waals surface area contributed by atoms with Gasteiger partial charge in [-0.15, -0.1) is 0 Å². The third-order valence-corrected chi connectivity index (χ3v) is 8.60. The Bertz CT molecular complexity index is 2010. The Morgan fingerprint density at radius 2 is 1.82 bits per heavy atom. The number of hydrogen-bond donors (Lipinski definition) is 0. The maximum Gasteiger partial charge on any atom is 0.337 e. The Morgan fingerprint density at radius 1 is 1.09 bits per heavy atom. The molecule has 2 heterocycles. The van der Waals surface area contributed by atoms with E-state index in [4.69, 9.17) is 35.8 Å². The fourth-order valence-corrected chi connectivity index (χ4v) is 6.71. The lowest BCUT2D eigenvalue weighted by Crippen LogP contribution is -2.39. The molecule has 1 atom stereocenters. The first-order valence-electron chi connectivity index (χ1n) is 13.9. The van der Waals surface area contributed by atoms with Gasteiger partial charge in [0, 0.05) is 16.8 Å². The molecular weight excluding hydrogens is 682 g/mol. The molecule has 1 aromatic heterocycles. The summed E-state index contributed by atoms with van der Waals surface area (Å²) in [4.78, 5) is 31.9. The number of nitrogens with zero attached hydrogens (tertiary/aromatic N) is 3. The van der Waals surface area contributed by atoms with Crippen LogP contribution in [0.25, 0.3) is 6.08 Å². The SMILES string of the molecule is CCOc1ccc([C@@H]2C(C(=O)OC)=CN=c3s/c(=C/c4cc(Cl)cc(Br)c4OCc4ccc(C#N)cc4)c(=O)n32)cc1OCC. The number of nitriles is 1. The van der Waals surface area contributed by atoms with Gasteiger partial charge in [-0.25, -0.2) is 9.79 Å². The van der Waals surface area contributed by atoms with Crippen LogP contribution in [0.3, 0.4) is 0 Å². The van der Waals surface area contributed by atoms with Crippen LogP contribution in [0.1, 0.15) is 42.1 Å². The molecule has 0 saturated heterocycles. The number of aromatic nitrogens is 1. The van der Waals surface area contributed by atoms with Crippen LogP contribution in [0.2, 0.25) is 5.02 Å². The third-order valence-electron chi connectivity index (χ3n) is 6.80. The van der Waals surface area contributed by atoms with Gasteiger partial charge in [0.2, 0.25) is 0 Å². The highest BCUT2D eigenvalue weighted by atomic mass is 79.9. The van der Waals surface area contributed by atoms with Crippen molar-refractivity contribution in [3.8, 4) is 23.3 Å². The van der Waals surface area contributed by atoms with E-state index < -0.39 is 12.0 Å². The average Bonchev–Trinajstić information content (AvgIpc) is 3.35. The fourth-order valence-electron chi connectivity index (χ4n) is 4.80. The summed E-state index contributed by atoms with van der Waals surface area (Å²) in [6, 6.07) is 17.1. The van der Waals surface area contributed by atoms with Gasteiger partial charge in [0.1, 0.15) is 12.4 Å². The molecule has 9 nitrogen and oxygen atoms in total. The van der Waals surface area contributed by atoms with E-state index in [2.05, 4.69) is 27.0 Å². The molecule has 3 aromatic carbocycles. The van der Waals surface area contributed by atoms with Crippen molar-refractivity contribution in [3.05, 3.63) is 118 Å². The van der Waals surface area contributed by atoms with Crippen LogP contribution in [0, 0.1) is 11.3 Å². The quantitative estimate of drug-likeness (QED) is 0.195. The van der Waals surface area contributed by atoms with Crippen molar-refractivity contribution < 1.29 is 23.7 Å². The van der Waals surface area contributed by atoms with Gasteiger partial charge in [-0.3, -0.25) is 9.36 Å². The second-order valence-corrected chi connectivity index (χ2v) is 12.0. The summed E-state index contributed by atoms with van der Waals surface area (Å²) in [6.07, 6.45) is 3.13. The van der Waals surface area contributed by atoms with Crippen LogP contribution in [-0.2, 0) is 16.1 Å². The van der Waals surface area contributed by atoms with E-state index in [0.29, 0.717) is 66.0 Å². The average molecular weight is 709 g/mol. The molecule has 0 amide bonds. The minimum atomic E-state index is -0.830. The van der Waals surface area contributed by atoms with Gasteiger partial charge in [0.05, 0.1) is 52.6 Å². The molecule has 0 spiro atoms. The maximum absolute atomic E-state index is 14.1. The molecule has 0 unspecified atom stereocenters. The molecule has 230 valence electrons. The van der Waals surface area contributed by atoms with Gasteiger partial charge in [-0.05, 0) is 83.4 Å². The summed E-state index contributed by atoms with van der Waals surface area (Å²) < 4.78 is 25.2. The number of halogens is 2. The summed E-state index contributed by atoms with van der Waals surface area (Å²) in [5.41, 5.74) is 2.43. The molecule has 0 radical (unpaired) electrons. The number of rotatable bonds is 10. The summed E-state index contributed by atoms with van der Waals surface area (Å²) >= 11 is 11.1. The summed E-state index contributed by atoms with van der Waals surface area (Å²) in [5.74, 6) is 0.920. The van der Waals surface area contributed by atoms with E-state index in [1.54, 1.807) is 48.5 Å². The van der Waals surface area contributed by atoms with Gasteiger partial charge in [-0.2, -0.15) is 5.26 Å². The van der Waals surface area contributed by atoms with Gasteiger partial charge in [-0.1, -0.05) is 41.1 Å². The van der Waals surface area contributed by atoms with Gasteiger partial charge < -0.3 is 18.9 Å². The van der Waals surface area contributed by atoms with E-state index in [0.717, 1.165) is 5.56 Å². The lowest BCUT2D eigenvalue weighted by molar-refractivity contribution is -0.136. The van der Waals surface area contributed by atoms with E-state index in [1.165, 1.54) is 29.2 Å². The molecule has 4 aromatic rings. The number of methoxy groups -OCH3 is 1. The van der Waals surface area contributed by atoms with Crippen LogP contribution in [0.15, 0.2) is 80.6 Å². The molecule has 0 fully saturated rings. The lowest BCUT2D eigenvalue weighted by atomic mass is 9.97. The molecule has 0 N–H and O–H groups in total.